The van der Waals surface area contributed by atoms with Crippen LogP contribution in [0.25, 0.3) is 27.9 Å². The van der Waals surface area contributed by atoms with Gasteiger partial charge in [0.25, 0.3) is 0 Å². The Morgan fingerprint density at radius 1 is 1.11 bits per heavy atom. The van der Waals surface area contributed by atoms with Gasteiger partial charge in [0.15, 0.2) is 9.84 Å². The number of aromatic nitrogens is 5. The maximum absolute atomic E-state index is 13.0. The Balaban J connectivity index is 1.98. The molecule has 4 rings (SSSR count). The standard InChI is InChI=1S/C18H19N5O3S/c1-18(2,3)27(24,25)16-10-23-14(9-20-17(23)6-15(16)26-4)12-5-11-7-21-22-13(11)8-19-12/h5-10H,1-4H3,(H,21,22). The first-order valence-electron chi connectivity index (χ1n) is 8.31. The van der Waals surface area contributed by atoms with Gasteiger partial charge in [-0.3, -0.25) is 14.5 Å². The van der Waals surface area contributed by atoms with Crippen LogP contribution >= 0.6 is 0 Å². The molecule has 0 bridgehead atoms. The molecule has 140 valence electrons. The molecule has 4 aromatic rings. The highest BCUT2D eigenvalue weighted by molar-refractivity contribution is 7.92. The summed E-state index contributed by atoms with van der Waals surface area (Å²) in [5.74, 6) is 0.271. The molecule has 27 heavy (non-hydrogen) atoms. The second-order valence-electron chi connectivity index (χ2n) is 7.22. The van der Waals surface area contributed by atoms with Crippen LogP contribution in [-0.4, -0.2) is 44.8 Å². The number of nitrogens with zero attached hydrogens (tertiary/aromatic N) is 4. The average Bonchev–Trinajstić information content (AvgIpc) is 3.24. The van der Waals surface area contributed by atoms with E-state index >= 15 is 0 Å². The van der Waals surface area contributed by atoms with E-state index in [1.54, 1.807) is 56.0 Å². The van der Waals surface area contributed by atoms with E-state index in [-0.39, 0.29) is 10.6 Å². The molecule has 4 aromatic heterocycles. The molecule has 0 fully saturated rings. The number of ether oxygens (including phenoxy) is 1. The molecule has 4 heterocycles. The van der Waals surface area contributed by atoms with Crippen molar-refractivity contribution < 1.29 is 13.2 Å². The van der Waals surface area contributed by atoms with Crippen molar-refractivity contribution in [1.82, 2.24) is 24.6 Å². The highest BCUT2D eigenvalue weighted by Gasteiger charge is 2.34. The first-order chi connectivity index (χ1) is 12.7. The van der Waals surface area contributed by atoms with Crippen LogP contribution in [0.1, 0.15) is 20.8 Å². The summed E-state index contributed by atoms with van der Waals surface area (Å²) in [5, 5.41) is 7.77. The quantitative estimate of drug-likeness (QED) is 0.582. The fraction of sp³-hybridized carbons (Fsp3) is 0.278. The van der Waals surface area contributed by atoms with Crippen molar-refractivity contribution in [3.63, 3.8) is 0 Å². The zero-order valence-corrected chi connectivity index (χ0v) is 16.2. The maximum Gasteiger partial charge on any atom is 0.188 e. The first-order valence-corrected chi connectivity index (χ1v) is 9.80. The SMILES string of the molecule is COc1cc2ncc(-c3cc4cn[nH]c4cn3)n2cc1S(=O)(=O)C(C)(C)C. The molecule has 0 amide bonds. The molecule has 0 aliphatic carbocycles. The van der Waals surface area contributed by atoms with Crippen LogP contribution in [0.3, 0.4) is 0 Å². The summed E-state index contributed by atoms with van der Waals surface area (Å²) in [6, 6.07) is 3.50. The van der Waals surface area contributed by atoms with Gasteiger partial charge < -0.3 is 4.74 Å². The van der Waals surface area contributed by atoms with Crippen LogP contribution in [-0.2, 0) is 9.84 Å². The minimum absolute atomic E-state index is 0.119. The third-order valence-corrected chi connectivity index (χ3v) is 6.98. The first kappa shape index (κ1) is 17.5. The van der Waals surface area contributed by atoms with Gasteiger partial charge in [-0.25, -0.2) is 13.4 Å². The molecule has 0 aliphatic rings. The number of pyridine rings is 2. The number of H-pyrrole nitrogens is 1. The molecule has 0 saturated heterocycles. The molecule has 0 spiro atoms. The molecule has 0 radical (unpaired) electrons. The minimum atomic E-state index is -3.62. The molecule has 9 heteroatoms. The van der Waals surface area contributed by atoms with Crippen molar-refractivity contribution in [2.24, 2.45) is 0 Å². The van der Waals surface area contributed by atoms with E-state index in [1.165, 1.54) is 7.11 Å². The summed E-state index contributed by atoms with van der Waals surface area (Å²) in [5.41, 5.74) is 2.75. The number of sulfone groups is 1. The van der Waals surface area contributed by atoms with Gasteiger partial charge in [0.1, 0.15) is 16.3 Å². The smallest absolute Gasteiger partial charge is 0.188 e. The van der Waals surface area contributed by atoms with E-state index in [9.17, 15) is 8.42 Å². The van der Waals surface area contributed by atoms with Gasteiger partial charge >= 0.3 is 0 Å². The third kappa shape index (κ3) is 2.66. The van der Waals surface area contributed by atoms with E-state index in [4.69, 9.17) is 4.74 Å². The monoisotopic (exact) mass is 385 g/mol. The fourth-order valence-corrected chi connectivity index (χ4v) is 4.16. The van der Waals surface area contributed by atoms with E-state index in [0.717, 1.165) is 10.9 Å². The Bertz CT molecular complexity index is 1270. The van der Waals surface area contributed by atoms with E-state index in [1.807, 2.05) is 6.07 Å². The number of rotatable bonds is 3. The summed E-state index contributed by atoms with van der Waals surface area (Å²) in [4.78, 5) is 8.94. The van der Waals surface area contributed by atoms with Gasteiger partial charge in [-0.15, -0.1) is 0 Å². The highest BCUT2D eigenvalue weighted by Crippen LogP contribution is 2.34. The Morgan fingerprint density at radius 2 is 1.89 bits per heavy atom. The summed E-state index contributed by atoms with van der Waals surface area (Å²) in [6.07, 6.45) is 6.62. The topological polar surface area (TPSA) is 102 Å². The van der Waals surface area contributed by atoms with Crippen molar-refractivity contribution in [1.29, 1.82) is 0 Å². The van der Waals surface area contributed by atoms with Gasteiger partial charge in [-0.1, -0.05) is 0 Å². The summed E-state index contributed by atoms with van der Waals surface area (Å²) >= 11 is 0. The van der Waals surface area contributed by atoms with Crippen LogP contribution in [0.2, 0.25) is 0 Å². The van der Waals surface area contributed by atoms with Gasteiger partial charge in [0, 0.05) is 17.6 Å². The van der Waals surface area contributed by atoms with Crippen LogP contribution in [0.15, 0.2) is 41.8 Å². The molecule has 0 atom stereocenters. The predicted octanol–water partition coefficient (Wildman–Crippen LogP) is 2.85. The fourth-order valence-electron chi connectivity index (χ4n) is 2.85. The Morgan fingerprint density at radius 3 is 2.59 bits per heavy atom. The molecule has 1 N–H and O–H groups in total. The Hall–Kier alpha value is -2.94. The number of nitrogens with one attached hydrogen (secondary N) is 1. The summed E-state index contributed by atoms with van der Waals surface area (Å²) in [7, 11) is -2.17. The molecule has 0 aliphatic heterocycles. The number of hydrogen-bond donors (Lipinski definition) is 1. The lowest BCUT2D eigenvalue weighted by atomic mass is 10.2. The number of methoxy groups -OCH3 is 1. The molecule has 8 nitrogen and oxygen atoms in total. The van der Waals surface area contributed by atoms with Crippen molar-refractivity contribution in [2.75, 3.05) is 7.11 Å². The number of imidazole rings is 1. The van der Waals surface area contributed by atoms with E-state index < -0.39 is 14.6 Å². The Labute approximate surface area is 156 Å². The lowest BCUT2D eigenvalue weighted by Crippen LogP contribution is -2.28. The van der Waals surface area contributed by atoms with Crippen molar-refractivity contribution in [3.05, 3.63) is 36.9 Å². The summed E-state index contributed by atoms with van der Waals surface area (Å²) < 4.78 is 32.2. The predicted molar refractivity (Wildman–Crippen MR) is 102 cm³/mol. The lowest BCUT2D eigenvalue weighted by molar-refractivity contribution is 0.401. The van der Waals surface area contributed by atoms with Crippen LogP contribution < -0.4 is 4.74 Å². The van der Waals surface area contributed by atoms with Gasteiger partial charge in [0.05, 0.1) is 47.4 Å². The van der Waals surface area contributed by atoms with E-state index in [2.05, 4.69) is 20.2 Å². The second-order valence-corrected chi connectivity index (χ2v) is 9.89. The lowest BCUT2D eigenvalue weighted by Gasteiger charge is -2.21. The molecule has 0 aromatic carbocycles. The number of hydrogen-bond acceptors (Lipinski definition) is 6. The van der Waals surface area contributed by atoms with Crippen LogP contribution in [0.4, 0.5) is 0 Å². The maximum atomic E-state index is 13.0. The third-order valence-electron chi connectivity index (χ3n) is 4.48. The normalized spacial score (nSPS) is 12.7. The second kappa shape index (κ2) is 5.78. The average molecular weight is 385 g/mol. The zero-order chi connectivity index (χ0) is 19.4. The highest BCUT2D eigenvalue weighted by atomic mass is 32.2. The number of fused-ring (bicyclic) bond motifs is 2. The van der Waals surface area contributed by atoms with Crippen molar-refractivity contribution in [2.45, 2.75) is 30.4 Å². The number of aromatic amines is 1. The van der Waals surface area contributed by atoms with E-state index in [0.29, 0.717) is 17.0 Å². The van der Waals surface area contributed by atoms with Gasteiger partial charge in [-0.2, -0.15) is 5.10 Å². The van der Waals surface area contributed by atoms with Gasteiger partial charge in [0.2, 0.25) is 0 Å². The van der Waals surface area contributed by atoms with Crippen LogP contribution in [0.5, 0.6) is 5.75 Å². The minimum Gasteiger partial charge on any atom is -0.495 e. The van der Waals surface area contributed by atoms with Crippen molar-refractivity contribution >= 4 is 26.4 Å². The largest absolute Gasteiger partial charge is 0.495 e. The molecular weight excluding hydrogens is 366 g/mol. The van der Waals surface area contributed by atoms with Crippen LogP contribution in [0, 0.1) is 0 Å². The zero-order valence-electron chi connectivity index (χ0n) is 15.4. The molecule has 0 saturated carbocycles. The summed E-state index contributed by atoms with van der Waals surface area (Å²) in [6.45, 7) is 4.99. The van der Waals surface area contributed by atoms with Crippen molar-refractivity contribution in [3.8, 4) is 17.1 Å². The Kier molecular flexibility index (Phi) is 3.74. The molecule has 0 unspecified atom stereocenters. The van der Waals surface area contributed by atoms with Gasteiger partial charge in [-0.05, 0) is 26.8 Å². The molecular formula is C18H19N5O3S.